The number of rotatable bonds is 11. The summed E-state index contributed by atoms with van der Waals surface area (Å²) in [5.41, 5.74) is 3.43. The fourth-order valence-corrected chi connectivity index (χ4v) is 7.29. The van der Waals surface area contributed by atoms with Crippen LogP contribution >= 0.6 is 23.1 Å². The number of thioether (sulfide) groups is 1. The Labute approximate surface area is 257 Å². The van der Waals surface area contributed by atoms with Gasteiger partial charge < -0.3 is 10.1 Å². The zero-order chi connectivity index (χ0) is 30.4. The molecule has 220 valence electrons. The highest BCUT2D eigenvalue weighted by molar-refractivity contribution is 7.99. The van der Waals surface area contributed by atoms with Gasteiger partial charge >= 0.3 is 5.97 Å². The Bertz CT molecular complexity index is 1840. The molecule has 0 saturated carbocycles. The first-order valence-electron chi connectivity index (χ1n) is 13.3. The van der Waals surface area contributed by atoms with Crippen molar-refractivity contribution in [2.75, 3.05) is 17.7 Å². The molecule has 12 heteroatoms. The van der Waals surface area contributed by atoms with Gasteiger partial charge in [-0.05, 0) is 43.7 Å². The lowest BCUT2D eigenvalue weighted by Gasteiger charge is -2.11. The van der Waals surface area contributed by atoms with Crippen molar-refractivity contribution in [1.29, 1.82) is 0 Å². The number of aryl methyl sites for hydroxylation is 1. The molecule has 9 nitrogen and oxygen atoms in total. The maximum Gasteiger partial charge on any atom is 0.341 e. The van der Waals surface area contributed by atoms with Crippen molar-refractivity contribution in [3.8, 4) is 16.8 Å². The van der Waals surface area contributed by atoms with E-state index in [0.29, 0.717) is 27.0 Å². The normalized spacial score (nSPS) is 11.3. The van der Waals surface area contributed by atoms with Crippen LogP contribution in [0.25, 0.3) is 16.8 Å². The van der Waals surface area contributed by atoms with Gasteiger partial charge in [0, 0.05) is 16.6 Å². The molecular formula is C31H28N4O5S3. The van der Waals surface area contributed by atoms with Crippen LogP contribution in [0.1, 0.15) is 28.7 Å². The molecule has 3 aromatic carbocycles. The number of amides is 1. The van der Waals surface area contributed by atoms with E-state index in [1.807, 2.05) is 73.0 Å². The van der Waals surface area contributed by atoms with Crippen LogP contribution in [-0.4, -0.2) is 47.4 Å². The first-order valence-corrected chi connectivity index (χ1v) is 16.8. The third kappa shape index (κ3) is 7.04. The summed E-state index contributed by atoms with van der Waals surface area (Å²) in [4.78, 5) is 26.2. The number of benzene rings is 3. The minimum absolute atomic E-state index is 0.0590. The molecule has 0 fully saturated rings. The highest BCUT2D eigenvalue weighted by Gasteiger charge is 2.25. The van der Waals surface area contributed by atoms with Gasteiger partial charge in [-0.3, -0.25) is 9.36 Å². The summed E-state index contributed by atoms with van der Waals surface area (Å²) in [5.74, 6) is -1.09. The van der Waals surface area contributed by atoms with Crippen LogP contribution in [0.15, 0.2) is 100 Å². The highest BCUT2D eigenvalue weighted by atomic mass is 32.2. The molecule has 0 spiro atoms. The predicted molar refractivity (Wildman–Crippen MR) is 168 cm³/mol. The van der Waals surface area contributed by atoms with Crippen LogP contribution in [0.4, 0.5) is 5.00 Å². The number of nitrogens with zero attached hydrogens (tertiary/aromatic N) is 3. The zero-order valence-corrected chi connectivity index (χ0v) is 25.8. The van der Waals surface area contributed by atoms with Gasteiger partial charge in [0.15, 0.2) is 20.8 Å². The Balaban J connectivity index is 1.38. The Morgan fingerprint density at radius 1 is 0.953 bits per heavy atom. The number of anilines is 1. The second-order valence-electron chi connectivity index (χ2n) is 9.42. The molecule has 5 aromatic rings. The Hall–Kier alpha value is -4.26. The van der Waals surface area contributed by atoms with Gasteiger partial charge in [-0.1, -0.05) is 78.0 Å². The van der Waals surface area contributed by atoms with Crippen LogP contribution in [0.2, 0.25) is 0 Å². The average Bonchev–Trinajstić information content (AvgIpc) is 3.61. The smallest absolute Gasteiger partial charge is 0.341 e. The van der Waals surface area contributed by atoms with Crippen molar-refractivity contribution >= 4 is 49.8 Å². The molecule has 0 aliphatic heterocycles. The van der Waals surface area contributed by atoms with E-state index >= 15 is 0 Å². The van der Waals surface area contributed by atoms with Crippen molar-refractivity contribution in [2.24, 2.45) is 0 Å². The standard InChI is InChI=1S/C31H28N4O5S3/c1-3-40-30(37)28-25(22-10-6-4-7-11-22)18-41-29(28)32-27(36)19-42-31-34-33-26(35(31)23-12-8-5-9-13-23)20-43(38,39)24-16-14-21(2)15-17-24/h4-18H,3,19-20H2,1-2H3,(H,32,36). The van der Waals surface area contributed by atoms with Crippen LogP contribution in [-0.2, 0) is 25.1 Å². The van der Waals surface area contributed by atoms with Gasteiger partial charge in [-0.15, -0.1) is 21.5 Å². The van der Waals surface area contributed by atoms with Crippen LogP contribution in [0.5, 0.6) is 0 Å². The van der Waals surface area contributed by atoms with Gasteiger partial charge in [0.2, 0.25) is 5.91 Å². The summed E-state index contributed by atoms with van der Waals surface area (Å²) >= 11 is 2.35. The van der Waals surface area contributed by atoms with E-state index in [2.05, 4.69) is 15.5 Å². The average molecular weight is 633 g/mol. The third-order valence-corrected chi connectivity index (χ3v) is 9.81. The van der Waals surface area contributed by atoms with Gasteiger partial charge in [-0.2, -0.15) is 0 Å². The van der Waals surface area contributed by atoms with E-state index in [0.717, 1.165) is 22.9 Å². The SMILES string of the molecule is CCOC(=O)c1c(-c2ccccc2)csc1NC(=O)CSc1nnc(CS(=O)(=O)c2ccc(C)cc2)n1-c1ccccc1. The van der Waals surface area contributed by atoms with Gasteiger partial charge in [0.1, 0.15) is 16.3 Å². The molecule has 0 bridgehead atoms. The largest absolute Gasteiger partial charge is 0.462 e. The number of thiophene rings is 1. The minimum Gasteiger partial charge on any atom is -0.462 e. The summed E-state index contributed by atoms with van der Waals surface area (Å²) in [6.07, 6.45) is 0. The summed E-state index contributed by atoms with van der Waals surface area (Å²) in [7, 11) is -3.71. The van der Waals surface area contributed by atoms with E-state index < -0.39 is 15.8 Å². The number of para-hydroxylation sites is 1. The lowest BCUT2D eigenvalue weighted by atomic mass is 10.0. The molecule has 1 N–H and O–H groups in total. The lowest BCUT2D eigenvalue weighted by molar-refractivity contribution is -0.113. The molecule has 2 heterocycles. The number of hydrogen-bond acceptors (Lipinski definition) is 9. The first-order chi connectivity index (χ1) is 20.8. The van der Waals surface area contributed by atoms with Crippen LogP contribution in [0.3, 0.4) is 0 Å². The second-order valence-corrected chi connectivity index (χ2v) is 13.2. The van der Waals surface area contributed by atoms with Crippen molar-refractivity contribution in [1.82, 2.24) is 14.8 Å². The molecule has 0 radical (unpaired) electrons. The number of aromatic nitrogens is 3. The summed E-state index contributed by atoms with van der Waals surface area (Å²) in [6.45, 7) is 3.81. The molecule has 0 saturated heterocycles. The number of sulfone groups is 1. The van der Waals surface area contributed by atoms with E-state index in [1.165, 1.54) is 11.3 Å². The molecular weight excluding hydrogens is 605 g/mol. The van der Waals surface area contributed by atoms with Crippen molar-refractivity contribution in [2.45, 2.75) is 29.7 Å². The lowest BCUT2D eigenvalue weighted by Crippen LogP contribution is -2.17. The Morgan fingerprint density at radius 2 is 1.63 bits per heavy atom. The zero-order valence-electron chi connectivity index (χ0n) is 23.4. The summed E-state index contributed by atoms with van der Waals surface area (Å²) < 4.78 is 33.4. The van der Waals surface area contributed by atoms with Crippen LogP contribution in [0, 0.1) is 6.92 Å². The molecule has 1 amide bonds. The molecule has 43 heavy (non-hydrogen) atoms. The maximum absolute atomic E-state index is 13.2. The Kier molecular flexibility index (Phi) is 9.39. The van der Waals surface area contributed by atoms with E-state index in [-0.39, 0.29) is 34.7 Å². The fourth-order valence-electron chi connectivity index (χ4n) is 4.30. The van der Waals surface area contributed by atoms with Gasteiger partial charge in [0.05, 0.1) is 17.3 Å². The monoisotopic (exact) mass is 632 g/mol. The molecule has 2 aromatic heterocycles. The van der Waals surface area contributed by atoms with Crippen molar-refractivity contribution in [3.63, 3.8) is 0 Å². The van der Waals surface area contributed by atoms with E-state index in [9.17, 15) is 18.0 Å². The topological polar surface area (TPSA) is 120 Å². The molecule has 5 rings (SSSR count). The fraction of sp³-hybridized carbons (Fsp3) is 0.161. The third-order valence-electron chi connectivity index (χ3n) is 6.35. The highest BCUT2D eigenvalue weighted by Crippen LogP contribution is 2.36. The number of nitrogens with one attached hydrogen (secondary N) is 1. The number of esters is 1. The van der Waals surface area contributed by atoms with Crippen LogP contribution < -0.4 is 5.32 Å². The first kappa shape index (κ1) is 30.2. The Morgan fingerprint density at radius 3 is 2.30 bits per heavy atom. The van der Waals surface area contributed by atoms with E-state index in [1.54, 1.807) is 35.8 Å². The number of carbonyl (C=O) groups excluding carboxylic acids is 2. The van der Waals surface area contributed by atoms with Crippen molar-refractivity contribution in [3.05, 3.63) is 107 Å². The van der Waals surface area contributed by atoms with E-state index in [4.69, 9.17) is 4.74 Å². The van der Waals surface area contributed by atoms with Gasteiger partial charge in [0.25, 0.3) is 0 Å². The number of carbonyl (C=O) groups is 2. The summed E-state index contributed by atoms with van der Waals surface area (Å²) in [5, 5.41) is 13.8. The predicted octanol–water partition coefficient (Wildman–Crippen LogP) is 6.19. The molecule has 0 unspecified atom stereocenters. The molecule has 0 atom stereocenters. The van der Waals surface area contributed by atoms with Crippen molar-refractivity contribution < 1.29 is 22.7 Å². The second kappa shape index (κ2) is 13.4. The minimum atomic E-state index is -3.71. The molecule has 0 aliphatic rings. The number of ether oxygens (including phenoxy) is 1. The van der Waals surface area contributed by atoms with Gasteiger partial charge in [-0.25, -0.2) is 13.2 Å². The quantitative estimate of drug-likeness (QED) is 0.135. The molecule has 0 aliphatic carbocycles. The summed E-state index contributed by atoms with van der Waals surface area (Å²) in [6, 6.07) is 25.2. The maximum atomic E-state index is 13.2. The number of hydrogen-bond donors (Lipinski definition) is 1.